The predicted octanol–water partition coefficient (Wildman–Crippen LogP) is 3.74. The van der Waals surface area contributed by atoms with E-state index in [1.807, 2.05) is 6.92 Å². The Morgan fingerprint density at radius 1 is 1.30 bits per heavy atom. The zero-order valence-electron chi connectivity index (χ0n) is 14.6. The second-order valence-electron chi connectivity index (χ2n) is 5.65. The summed E-state index contributed by atoms with van der Waals surface area (Å²) in [4.78, 5) is 12.1. The molecule has 0 radical (unpaired) electrons. The number of hydrogen-bond acceptors (Lipinski definition) is 4. The summed E-state index contributed by atoms with van der Waals surface area (Å²) in [5.41, 5.74) is 0.772. The van der Waals surface area contributed by atoms with E-state index in [1.165, 1.54) is 14.2 Å². The summed E-state index contributed by atoms with van der Waals surface area (Å²) in [7, 11) is 0.164. The van der Waals surface area contributed by atoms with Crippen molar-refractivity contribution in [3.8, 4) is 5.75 Å². The van der Waals surface area contributed by atoms with E-state index in [0.717, 1.165) is 16.2 Å². The van der Waals surface area contributed by atoms with Gasteiger partial charge in [-0.05, 0) is 24.6 Å². The molecule has 11 heteroatoms. The predicted molar refractivity (Wildman–Crippen MR) is 100 cm³/mol. The number of aryl methyl sites for hydroxylation is 1. The van der Waals surface area contributed by atoms with E-state index in [0.29, 0.717) is 10.7 Å². The number of nitrogens with zero attached hydrogens (tertiary/aromatic N) is 1. The number of benzene rings is 1. The third-order valence-electron chi connectivity index (χ3n) is 3.51. The molecule has 0 saturated heterocycles. The molecule has 1 aromatic heterocycles. The zero-order chi connectivity index (χ0) is 20.4. The summed E-state index contributed by atoms with van der Waals surface area (Å²) in [6.45, 7) is 1.84. The number of anilines is 3. The number of hydrogen-bond donors (Lipinski definition) is 2. The fourth-order valence-electron chi connectivity index (χ4n) is 2.23. The van der Waals surface area contributed by atoms with E-state index in [4.69, 9.17) is 16.3 Å². The van der Waals surface area contributed by atoms with Gasteiger partial charge in [0, 0.05) is 13.1 Å². The molecule has 0 aliphatic carbocycles. The van der Waals surface area contributed by atoms with Crippen LogP contribution in [0.4, 0.5) is 30.4 Å². The van der Waals surface area contributed by atoms with Crippen molar-refractivity contribution in [2.75, 3.05) is 22.9 Å². The van der Waals surface area contributed by atoms with Gasteiger partial charge in [-0.25, -0.2) is 4.21 Å². The van der Waals surface area contributed by atoms with Gasteiger partial charge in [0.15, 0.2) is 5.75 Å². The highest BCUT2D eigenvalue weighted by molar-refractivity contribution is 7.86. The Labute approximate surface area is 160 Å². The van der Waals surface area contributed by atoms with Gasteiger partial charge < -0.3 is 10.1 Å². The Morgan fingerprint density at radius 2 is 1.96 bits per heavy atom. The molecule has 0 spiro atoms. The minimum atomic E-state index is -4.63. The molecule has 2 aromatic rings. The fraction of sp³-hybridized carbons (Fsp3) is 0.312. The van der Waals surface area contributed by atoms with E-state index in [2.05, 4.69) is 10.0 Å². The van der Waals surface area contributed by atoms with Gasteiger partial charge in [-0.15, -0.1) is 0 Å². The number of nitrogens with one attached hydrogen (secondary N) is 2. The van der Waals surface area contributed by atoms with Crippen LogP contribution in [-0.2, 0) is 18.0 Å². The number of alkyl halides is 3. The minimum absolute atomic E-state index is 0.0561. The number of ether oxygens (including phenoxy) is 1. The van der Waals surface area contributed by atoms with Crippen LogP contribution in [0.2, 0.25) is 5.02 Å². The summed E-state index contributed by atoms with van der Waals surface area (Å²) in [6, 6.07) is 6.17. The first-order valence-corrected chi connectivity index (χ1v) is 9.24. The fourth-order valence-corrected chi connectivity index (χ4v) is 3.31. The van der Waals surface area contributed by atoms with E-state index in [1.54, 1.807) is 18.2 Å². The topological polar surface area (TPSA) is 72.4 Å². The summed E-state index contributed by atoms with van der Waals surface area (Å²) in [6.07, 6.45) is -4.63. The van der Waals surface area contributed by atoms with Crippen LogP contribution in [0.1, 0.15) is 5.56 Å². The molecule has 2 rings (SSSR count). The minimum Gasteiger partial charge on any atom is -0.494 e. The van der Waals surface area contributed by atoms with Crippen molar-refractivity contribution in [1.82, 2.24) is 4.57 Å². The van der Waals surface area contributed by atoms with Gasteiger partial charge in [0.25, 0.3) is 5.56 Å². The summed E-state index contributed by atoms with van der Waals surface area (Å²) in [5, 5.41) is 3.23. The normalized spacial score (nSPS) is 12.6. The quantitative estimate of drug-likeness (QED) is 0.742. The van der Waals surface area contributed by atoms with Crippen LogP contribution in [0.5, 0.6) is 5.75 Å². The Morgan fingerprint density at radius 3 is 2.52 bits per heavy atom. The van der Waals surface area contributed by atoms with Crippen LogP contribution < -0.4 is 20.3 Å². The molecule has 6 nitrogen and oxygen atoms in total. The van der Waals surface area contributed by atoms with E-state index in [-0.39, 0.29) is 17.3 Å². The van der Waals surface area contributed by atoms with Crippen molar-refractivity contribution in [3.05, 3.63) is 45.2 Å². The van der Waals surface area contributed by atoms with Gasteiger partial charge in [-0.3, -0.25) is 14.1 Å². The lowest BCUT2D eigenvalue weighted by Crippen LogP contribution is -2.25. The number of halogens is 4. The maximum Gasteiger partial charge on any atom is 0.402 e. The standard InChI is InChI=1S/C16H17ClF3N3O3S/c1-9-4-5-11(10(17)6-9)21-15-14(22-27(25)8-16(18,19)20)12(26-3)7-13(24)23(15)2/h4-7,21-22H,8H2,1-3H3. The number of rotatable bonds is 6. The number of aromatic nitrogens is 1. The smallest absolute Gasteiger partial charge is 0.402 e. The van der Waals surface area contributed by atoms with Crippen molar-refractivity contribution in [2.24, 2.45) is 7.05 Å². The molecule has 1 aromatic carbocycles. The molecular formula is C16H17ClF3N3O3S. The van der Waals surface area contributed by atoms with E-state index < -0.39 is 28.5 Å². The average molecular weight is 424 g/mol. The average Bonchev–Trinajstić information content (AvgIpc) is 2.54. The first-order valence-electron chi connectivity index (χ1n) is 7.55. The molecule has 148 valence electrons. The highest BCUT2D eigenvalue weighted by atomic mass is 35.5. The van der Waals surface area contributed by atoms with Crippen LogP contribution in [-0.4, -0.2) is 27.8 Å². The molecule has 1 heterocycles. The second-order valence-corrected chi connectivity index (χ2v) is 7.24. The van der Waals surface area contributed by atoms with Crippen molar-refractivity contribution in [1.29, 1.82) is 0 Å². The number of methoxy groups -OCH3 is 1. The summed E-state index contributed by atoms with van der Waals surface area (Å²) >= 11 is 6.18. The lowest BCUT2D eigenvalue weighted by atomic mass is 10.2. The first-order chi connectivity index (χ1) is 12.5. The third kappa shape index (κ3) is 5.39. The Hall–Kier alpha value is -2.20. The maximum absolute atomic E-state index is 12.5. The summed E-state index contributed by atoms with van der Waals surface area (Å²) < 4.78 is 57.9. The molecule has 2 N–H and O–H groups in total. The van der Waals surface area contributed by atoms with Crippen LogP contribution >= 0.6 is 11.6 Å². The lowest BCUT2D eigenvalue weighted by molar-refractivity contribution is -0.105. The maximum atomic E-state index is 12.5. The highest BCUT2D eigenvalue weighted by Gasteiger charge is 2.31. The molecule has 0 saturated carbocycles. The van der Waals surface area contributed by atoms with Gasteiger partial charge in [0.1, 0.15) is 28.2 Å². The van der Waals surface area contributed by atoms with E-state index >= 15 is 0 Å². The second kappa shape index (κ2) is 8.22. The largest absolute Gasteiger partial charge is 0.494 e. The SMILES string of the molecule is COc1cc(=O)n(C)c(Nc2ccc(C)cc2Cl)c1NS(=O)CC(F)(F)F. The van der Waals surface area contributed by atoms with Crippen molar-refractivity contribution < 1.29 is 22.1 Å². The molecule has 0 aliphatic heterocycles. The Bertz CT molecular complexity index is 932. The first kappa shape index (κ1) is 21.1. The zero-order valence-corrected chi connectivity index (χ0v) is 16.2. The van der Waals surface area contributed by atoms with Crippen LogP contribution in [0.25, 0.3) is 0 Å². The highest BCUT2D eigenvalue weighted by Crippen LogP contribution is 2.35. The molecule has 0 bridgehead atoms. The summed E-state index contributed by atoms with van der Waals surface area (Å²) in [5.74, 6) is -1.57. The van der Waals surface area contributed by atoms with Crippen LogP contribution in [0.15, 0.2) is 29.1 Å². The molecule has 0 aliphatic rings. The molecule has 0 fully saturated rings. The third-order valence-corrected chi connectivity index (χ3v) is 4.85. The Kier molecular flexibility index (Phi) is 6.42. The lowest BCUT2D eigenvalue weighted by Gasteiger charge is -2.20. The molecular weight excluding hydrogens is 407 g/mol. The monoisotopic (exact) mass is 423 g/mol. The van der Waals surface area contributed by atoms with Gasteiger partial charge in [-0.1, -0.05) is 17.7 Å². The molecule has 0 amide bonds. The van der Waals surface area contributed by atoms with Crippen LogP contribution in [0, 0.1) is 6.92 Å². The van der Waals surface area contributed by atoms with Crippen LogP contribution in [0.3, 0.4) is 0 Å². The molecule has 1 atom stereocenters. The number of pyridine rings is 1. The molecule has 27 heavy (non-hydrogen) atoms. The van der Waals surface area contributed by atoms with Crippen molar-refractivity contribution in [3.63, 3.8) is 0 Å². The van der Waals surface area contributed by atoms with Gasteiger partial charge in [0.2, 0.25) is 0 Å². The van der Waals surface area contributed by atoms with Gasteiger partial charge in [0.05, 0.1) is 17.8 Å². The Balaban J connectivity index is 2.52. The van der Waals surface area contributed by atoms with Crippen molar-refractivity contribution in [2.45, 2.75) is 13.1 Å². The van der Waals surface area contributed by atoms with E-state index in [9.17, 15) is 22.2 Å². The van der Waals surface area contributed by atoms with Gasteiger partial charge >= 0.3 is 6.18 Å². The van der Waals surface area contributed by atoms with Crippen molar-refractivity contribution >= 4 is 39.8 Å². The molecule has 1 unspecified atom stereocenters. The van der Waals surface area contributed by atoms with Gasteiger partial charge in [-0.2, -0.15) is 13.2 Å².